The van der Waals surface area contributed by atoms with Gasteiger partial charge in [-0.15, -0.1) is 6.42 Å². The summed E-state index contributed by atoms with van der Waals surface area (Å²) in [5, 5.41) is 2.83. The maximum absolute atomic E-state index is 11.0. The molecule has 0 aliphatic heterocycles. The molecular weight excluding hydrogens is 156 g/mol. The van der Waals surface area contributed by atoms with Crippen LogP contribution in [0.2, 0.25) is 0 Å². The summed E-state index contributed by atoms with van der Waals surface area (Å²) in [5.41, 5.74) is 5.32. The van der Waals surface area contributed by atoms with Crippen molar-refractivity contribution in [2.24, 2.45) is 5.73 Å². The number of nitrogens with one attached hydrogen (secondary N) is 1. The van der Waals surface area contributed by atoms with Crippen molar-refractivity contribution in [3.8, 4) is 12.3 Å². The second-order valence-corrected chi connectivity index (χ2v) is 2.37. The molecule has 0 heterocycles. The number of carbonyl (C=O) groups excluding carboxylic acids is 1. The number of nitrogens with two attached hydrogens (primary N) is 1. The molecule has 0 fully saturated rings. The molecule has 2 atom stereocenters. The summed E-state index contributed by atoms with van der Waals surface area (Å²) < 4.78 is 4.50. The molecule has 0 aromatic heterocycles. The van der Waals surface area contributed by atoms with Crippen LogP contribution in [0.3, 0.4) is 0 Å². The molecular formula is C8H14N2O2. The first-order valence-electron chi connectivity index (χ1n) is 3.65. The number of methoxy groups -OCH3 is 1. The number of hydrogen-bond acceptors (Lipinski definition) is 4. The molecule has 2 unspecified atom stereocenters. The van der Waals surface area contributed by atoms with Crippen molar-refractivity contribution < 1.29 is 9.53 Å². The van der Waals surface area contributed by atoms with Crippen LogP contribution >= 0.6 is 0 Å². The lowest BCUT2D eigenvalue weighted by Crippen LogP contribution is -2.46. The molecule has 12 heavy (non-hydrogen) atoms. The van der Waals surface area contributed by atoms with E-state index in [0.717, 1.165) is 0 Å². The van der Waals surface area contributed by atoms with E-state index in [-0.39, 0.29) is 18.6 Å². The predicted octanol–water partition coefficient (Wildman–Crippen LogP) is -0.902. The molecule has 0 saturated heterocycles. The highest BCUT2D eigenvalue weighted by Gasteiger charge is 2.17. The van der Waals surface area contributed by atoms with Gasteiger partial charge in [0.05, 0.1) is 13.2 Å². The van der Waals surface area contributed by atoms with Crippen molar-refractivity contribution in [3.05, 3.63) is 0 Å². The molecule has 0 aromatic rings. The summed E-state index contributed by atoms with van der Waals surface area (Å²) in [6.07, 6.45) is 5.11. The van der Waals surface area contributed by atoms with Crippen LogP contribution in [0.1, 0.15) is 6.92 Å². The lowest BCUT2D eigenvalue weighted by molar-refractivity contribution is -0.142. The van der Waals surface area contributed by atoms with E-state index in [4.69, 9.17) is 12.2 Å². The largest absolute Gasteiger partial charge is 0.468 e. The van der Waals surface area contributed by atoms with E-state index in [1.165, 1.54) is 7.11 Å². The van der Waals surface area contributed by atoms with Gasteiger partial charge >= 0.3 is 5.97 Å². The normalized spacial score (nSPS) is 14.5. The zero-order valence-electron chi connectivity index (χ0n) is 7.33. The summed E-state index contributed by atoms with van der Waals surface area (Å²) in [7, 11) is 1.31. The van der Waals surface area contributed by atoms with E-state index in [2.05, 4.69) is 16.0 Å². The summed E-state index contributed by atoms with van der Waals surface area (Å²) in [6, 6.07) is -0.696. The number of terminal acetylenes is 1. The third-order valence-electron chi connectivity index (χ3n) is 1.42. The minimum Gasteiger partial charge on any atom is -0.468 e. The van der Waals surface area contributed by atoms with Crippen LogP contribution in [0.4, 0.5) is 0 Å². The molecule has 0 radical (unpaired) electrons. The number of hydrogen-bond donors (Lipinski definition) is 2. The molecule has 0 aliphatic carbocycles. The lowest BCUT2D eigenvalue weighted by atomic mass is 10.2. The topological polar surface area (TPSA) is 64.3 Å². The van der Waals surface area contributed by atoms with Crippen molar-refractivity contribution in [1.82, 2.24) is 5.32 Å². The Hall–Kier alpha value is -1.05. The fourth-order valence-electron chi connectivity index (χ4n) is 0.724. The lowest BCUT2D eigenvalue weighted by Gasteiger charge is -2.15. The number of carbonyl (C=O) groups is 1. The number of esters is 1. The first-order valence-corrected chi connectivity index (χ1v) is 3.65. The Kier molecular flexibility index (Phi) is 5.09. The first-order chi connectivity index (χ1) is 5.65. The van der Waals surface area contributed by atoms with E-state index >= 15 is 0 Å². The highest BCUT2D eigenvalue weighted by Crippen LogP contribution is 1.88. The van der Waals surface area contributed by atoms with Gasteiger partial charge in [0.1, 0.15) is 6.04 Å². The van der Waals surface area contributed by atoms with Crippen LogP contribution < -0.4 is 11.1 Å². The standard InChI is InChI=1S/C8H14N2O2/c1-4-6(2)10-7(5-9)8(11)12-3/h1,6-7,10H,5,9H2,2-3H3. The number of rotatable bonds is 4. The van der Waals surface area contributed by atoms with Crippen LogP contribution in [-0.2, 0) is 9.53 Å². The average molecular weight is 170 g/mol. The highest BCUT2D eigenvalue weighted by atomic mass is 16.5. The molecule has 4 heteroatoms. The zero-order chi connectivity index (χ0) is 9.56. The molecule has 4 nitrogen and oxygen atoms in total. The van der Waals surface area contributed by atoms with E-state index < -0.39 is 6.04 Å². The third-order valence-corrected chi connectivity index (χ3v) is 1.42. The van der Waals surface area contributed by atoms with Gasteiger partial charge in [0, 0.05) is 6.54 Å². The highest BCUT2D eigenvalue weighted by molar-refractivity contribution is 5.76. The first kappa shape index (κ1) is 11.0. The second kappa shape index (κ2) is 5.58. The molecule has 0 saturated carbocycles. The van der Waals surface area contributed by atoms with Crippen LogP contribution in [0.5, 0.6) is 0 Å². The van der Waals surface area contributed by atoms with Crippen molar-refractivity contribution in [3.63, 3.8) is 0 Å². The summed E-state index contributed by atoms with van der Waals surface area (Å²) in [6.45, 7) is 1.95. The summed E-state index contributed by atoms with van der Waals surface area (Å²) >= 11 is 0. The summed E-state index contributed by atoms with van der Waals surface area (Å²) in [4.78, 5) is 11.0. The minimum atomic E-state index is -0.513. The van der Waals surface area contributed by atoms with Crippen molar-refractivity contribution in [2.45, 2.75) is 19.0 Å². The Labute approximate surface area is 72.5 Å². The molecule has 68 valence electrons. The average Bonchev–Trinajstić information content (AvgIpc) is 2.12. The third kappa shape index (κ3) is 3.37. The van der Waals surface area contributed by atoms with Gasteiger partial charge in [-0.3, -0.25) is 10.1 Å². The Morgan fingerprint density at radius 3 is 2.75 bits per heavy atom. The van der Waals surface area contributed by atoms with Crippen LogP contribution in [-0.4, -0.2) is 31.7 Å². The van der Waals surface area contributed by atoms with Gasteiger partial charge in [0.15, 0.2) is 0 Å². The predicted molar refractivity (Wildman–Crippen MR) is 46.3 cm³/mol. The number of ether oxygens (including phenoxy) is 1. The molecule has 0 rings (SSSR count). The molecule has 0 bridgehead atoms. The van der Waals surface area contributed by atoms with E-state index in [1.807, 2.05) is 0 Å². The van der Waals surface area contributed by atoms with Gasteiger partial charge in [0.2, 0.25) is 0 Å². The fraction of sp³-hybridized carbons (Fsp3) is 0.625. The Balaban J connectivity index is 4.01. The van der Waals surface area contributed by atoms with Crippen molar-refractivity contribution in [1.29, 1.82) is 0 Å². The van der Waals surface area contributed by atoms with Gasteiger partial charge in [-0.2, -0.15) is 0 Å². The second-order valence-electron chi connectivity index (χ2n) is 2.37. The van der Waals surface area contributed by atoms with E-state index in [1.54, 1.807) is 6.92 Å². The Morgan fingerprint density at radius 1 is 1.83 bits per heavy atom. The molecule has 3 N–H and O–H groups in total. The fourth-order valence-corrected chi connectivity index (χ4v) is 0.724. The van der Waals surface area contributed by atoms with E-state index in [9.17, 15) is 4.79 Å². The molecule has 0 aliphatic rings. The monoisotopic (exact) mass is 170 g/mol. The van der Waals surface area contributed by atoms with Gasteiger partial charge in [-0.05, 0) is 6.92 Å². The van der Waals surface area contributed by atoms with Crippen LogP contribution in [0, 0.1) is 12.3 Å². The van der Waals surface area contributed by atoms with Crippen LogP contribution in [0.25, 0.3) is 0 Å². The zero-order valence-corrected chi connectivity index (χ0v) is 7.33. The minimum absolute atomic E-state index is 0.179. The van der Waals surface area contributed by atoms with Gasteiger partial charge in [0.25, 0.3) is 0 Å². The maximum Gasteiger partial charge on any atom is 0.324 e. The molecule has 0 aromatic carbocycles. The van der Waals surface area contributed by atoms with Gasteiger partial charge in [-0.25, -0.2) is 0 Å². The Bertz CT molecular complexity index is 186. The van der Waals surface area contributed by atoms with Gasteiger partial charge < -0.3 is 10.5 Å². The van der Waals surface area contributed by atoms with E-state index in [0.29, 0.717) is 0 Å². The summed E-state index contributed by atoms with van der Waals surface area (Å²) in [5.74, 6) is 2.04. The molecule has 0 spiro atoms. The molecule has 0 amide bonds. The smallest absolute Gasteiger partial charge is 0.324 e. The van der Waals surface area contributed by atoms with Crippen molar-refractivity contribution >= 4 is 5.97 Å². The maximum atomic E-state index is 11.0. The SMILES string of the molecule is C#CC(C)NC(CN)C(=O)OC. The van der Waals surface area contributed by atoms with Crippen LogP contribution in [0.15, 0.2) is 0 Å². The Morgan fingerprint density at radius 2 is 2.42 bits per heavy atom. The quantitative estimate of drug-likeness (QED) is 0.424. The van der Waals surface area contributed by atoms with Crippen molar-refractivity contribution in [2.75, 3.05) is 13.7 Å². The van der Waals surface area contributed by atoms with Gasteiger partial charge in [-0.1, -0.05) is 5.92 Å².